The summed E-state index contributed by atoms with van der Waals surface area (Å²) in [6.45, 7) is 10.5. The molecule has 1 aliphatic carbocycles. The third-order valence-corrected chi connectivity index (χ3v) is 6.91. The van der Waals surface area contributed by atoms with Gasteiger partial charge in [0.25, 0.3) is 0 Å². The maximum absolute atomic E-state index is 5.84. The zero-order valence-electron chi connectivity index (χ0n) is 20.3. The van der Waals surface area contributed by atoms with E-state index in [-0.39, 0.29) is 11.6 Å². The van der Waals surface area contributed by atoms with Crippen LogP contribution in [0, 0.1) is 0 Å². The number of methoxy groups -OCH3 is 2. The Morgan fingerprint density at radius 2 is 1.69 bits per heavy atom. The van der Waals surface area contributed by atoms with Crippen molar-refractivity contribution in [2.75, 3.05) is 40.4 Å². The van der Waals surface area contributed by atoms with E-state index in [1.807, 2.05) is 16.8 Å². The van der Waals surface area contributed by atoms with E-state index in [4.69, 9.17) is 9.47 Å². The molecule has 8 nitrogen and oxygen atoms in total. The van der Waals surface area contributed by atoms with E-state index >= 15 is 0 Å². The average Bonchev–Trinajstić information content (AvgIpc) is 3.30. The molecule has 0 bridgehead atoms. The van der Waals surface area contributed by atoms with Crippen molar-refractivity contribution in [3.63, 3.8) is 0 Å². The fourth-order valence-corrected chi connectivity index (χ4v) is 5.28. The summed E-state index contributed by atoms with van der Waals surface area (Å²) in [5.41, 5.74) is 0.811. The summed E-state index contributed by atoms with van der Waals surface area (Å²) in [5, 5.41) is 13.0. The topological polar surface area (TPSA) is 68.5 Å². The van der Waals surface area contributed by atoms with Crippen molar-refractivity contribution >= 4 is 0 Å². The van der Waals surface area contributed by atoms with Gasteiger partial charge in [0, 0.05) is 37.8 Å². The van der Waals surface area contributed by atoms with Gasteiger partial charge in [-0.05, 0) is 50.1 Å². The molecule has 0 radical (unpaired) electrons. The standard InChI is InChI=1S/C24H38N6O2/c1-24(2,3)30-23(25-26-27-30)21(19-12-9-13-20(31-4)22(19)32-5)29-16-14-28(15-17-29)18-10-7-6-8-11-18/h9,12-13,18,21H,6-8,10-11,14-17H2,1-5H3/t21-/m0/s1. The van der Waals surface area contributed by atoms with E-state index in [1.54, 1.807) is 14.2 Å². The Bertz CT molecular complexity index is 879. The number of rotatable bonds is 6. The van der Waals surface area contributed by atoms with Gasteiger partial charge in [0.15, 0.2) is 17.3 Å². The Balaban J connectivity index is 1.68. The smallest absolute Gasteiger partial charge is 0.173 e. The maximum Gasteiger partial charge on any atom is 0.173 e. The average molecular weight is 443 g/mol. The first-order chi connectivity index (χ1) is 15.4. The summed E-state index contributed by atoms with van der Waals surface area (Å²) in [5.74, 6) is 2.32. The highest BCUT2D eigenvalue weighted by molar-refractivity contribution is 5.49. The zero-order valence-corrected chi connectivity index (χ0v) is 20.3. The van der Waals surface area contributed by atoms with Gasteiger partial charge in [-0.25, -0.2) is 4.68 Å². The van der Waals surface area contributed by atoms with E-state index in [2.05, 4.69) is 52.2 Å². The molecule has 2 heterocycles. The van der Waals surface area contributed by atoms with Crippen LogP contribution in [-0.2, 0) is 5.54 Å². The van der Waals surface area contributed by atoms with Crippen LogP contribution in [0.1, 0.15) is 70.3 Å². The van der Waals surface area contributed by atoms with E-state index in [0.29, 0.717) is 0 Å². The normalized spacial score (nSPS) is 20.3. The summed E-state index contributed by atoms with van der Waals surface area (Å²) < 4.78 is 13.4. The molecule has 1 aromatic heterocycles. The summed E-state index contributed by atoms with van der Waals surface area (Å²) in [6.07, 6.45) is 6.82. The summed E-state index contributed by atoms with van der Waals surface area (Å²) >= 11 is 0. The van der Waals surface area contributed by atoms with Crippen LogP contribution in [0.25, 0.3) is 0 Å². The number of nitrogens with zero attached hydrogens (tertiary/aromatic N) is 6. The van der Waals surface area contributed by atoms with Gasteiger partial charge >= 0.3 is 0 Å². The van der Waals surface area contributed by atoms with Crippen molar-refractivity contribution in [1.29, 1.82) is 0 Å². The largest absolute Gasteiger partial charge is 0.493 e. The minimum atomic E-state index is -0.229. The molecule has 8 heteroatoms. The van der Waals surface area contributed by atoms with Gasteiger partial charge in [-0.3, -0.25) is 9.80 Å². The first kappa shape index (κ1) is 23.0. The van der Waals surface area contributed by atoms with E-state index in [9.17, 15) is 0 Å². The molecule has 32 heavy (non-hydrogen) atoms. The number of hydrogen-bond acceptors (Lipinski definition) is 7. The molecule has 0 spiro atoms. The van der Waals surface area contributed by atoms with Crippen molar-refractivity contribution in [1.82, 2.24) is 30.0 Å². The molecule has 2 aliphatic rings. The third kappa shape index (κ3) is 4.62. The van der Waals surface area contributed by atoms with Gasteiger partial charge in [0.2, 0.25) is 0 Å². The fraction of sp³-hybridized carbons (Fsp3) is 0.708. The lowest BCUT2D eigenvalue weighted by Crippen LogP contribution is -2.52. The second kappa shape index (κ2) is 9.75. The lowest BCUT2D eigenvalue weighted by molar-refractivity contribution is 0.0602. The SMILES string of the molecule is COc1cccc([C@@H](c2nnnn2C(C)(C)C)N2CCN(C3CCCCC3)CC2)c1OC. The summed E-state index contributed by atoms with van der Waals surface area (Å²) in [7, 11) is 3.38. The monoisotopic (exact) mass is 442 g/mol. The molecule has 1 aliphatic heterocycles. The van der Waals surface area contributed by atoms with Crippen LogP contribution >= 0.6 is 0 Å². The Morgan fingerprint density at radius 3 is 2.31 bits per heavy atom. The molecule has 2 aromatic rings. The highest BCUT2D eigenvalue weighted by Crippen LogP contribution is 2.40. The van der Waals surface area contributed by atoms with Crippen molar-refractivity contribution in [2.24, 2.45) is 0 Å². The van der Waals surface area contributed by atoms with Crippen LogP contribution in [0.3, 0.4) is 0 Å². The quantitative estimate of drug-likeness (QED) is 0.678. The molecule has 1 saturated carbocycles. The zero-order chi connectivity index (χ0) is 22.7. The van der Waals surface area contributed by atoms with Gasteiger partial charge in [0.05, 0.1) is 19.8 Å². The van der Waals surface area contributed by atoms with Crippen LogP contribution in [0.15, 0.2) is 18.2 Å². The number of hydrogen-bond donors (Lipinski definition) is 0. The lowest BCUT2D eigenvalue weighted by atomic mass is 9.93. The van der Waals surface area contributed by atoms with Gasteiger partial charge in [0.1, 0.15) is 6.04 Å². The van der Waals surface area contributed by atoms with Gasteiger partial charge < -0.3 is 9.47 Å². The number of aromatic nitrogens is 4. The molecule has 1 atom stereocenters. The van der Waals surface area contributed by atoms with Crippen LogP contribution < -0.4 is 9.47 Å². The molecule has 1 saturated heterocycles. The van der Waals surface area contributed by atoms with Crippen molar-refractivity contribution < 1.29 is 9.47 Å². The highest BCUT2D eigenvalue weighted by atomic mass is 16.5. The number of piperazine rings is 1. The van der Waals surface area contributed by atoms with Crippen molar-refractivity contribution in [3.05, 3.63) is 29.6 Å². The molecule has 2 fully saturated rings. The maximum atomic E-state index is 5.84. The molecule has 176 valence electrons. The Kier molecular flexibility index (Phi) is 7.00. The molecule has 0 unspecified atom stereocenters. The fourth-order valence-electron chi connectivity index (χ4n) is 5.28. The molecule has 0 N–H and O–H groups in total. The number of tetrazole rings is 1. The minimum absolute atomic E-state index is 0.109. The summed E-state index contributed by atoms with van der Waals surface area (Å²) in [6, 6.07) is 6.71. The van der Waals surface area contributed by atoms with E-state index in [0.717, 1.165) is 55.1 Å². The Labute approximate surface area is 191 Å². The van der Waals surface area contributed by atoms with Crippen LogP contribution in [0.4, 0.5) is 0 Å². The second-order valence-corrected chi connectivity index (χ2v) is 9.97. The predicted molar refractivity (Wildman–Crippen MR) is 124 cm³/mol. The van der Waals surface area contributed by atoms with Gasteiger partial charge in [-0.1, -0.05) is 31.4 Å². The van der Waals surface area contributed by atoms with Crippen molar-refractivity contribution in [3.8, 4) is 11.5 Å². The van der Waals surface area contributed by atoms with Gasteiger partial charge in [-0.15, -0.1) is 5.10 Å². The third-order valence-electron chi connectivity index (χ3n) is 6.91. The molecule has 1 aromatic carbocycles. The highest BCUT2D eigenvalue weighted by Gasteiger charge is 2.36. The first-order valence-corrected chi connectivity index (χ1v) is 11.9. The number of para-hydroxylation sites is 1. The predicted octanol–water partition coefficient (Wildman–Crippen LogP) is 3.49. The minimum Gasteiger partial charge on any atom is -0.493 e. The van der Waals surface area contributed by atoms with Crippen molar-refractivity contribution in [2.45, 2.75) is 70.5 Å². The van der Waals surface area contributed by atoms with Crippen LogP contribution in [0.5, 0.6) is 11.5 Å². The molecule has 0 amide bonds. The number of benzene rings is 1. The van der Waals surface area contributed by atoms with E-state index in [1.165, 1.54) is 32.1 Å². The Morgan fingerprint density at radius 1 is 0.969 bits per heavy atom. The molecular weight excluding hydrogens is 404 g/mol. The molecular formula is C24H38N6O2. The van der Waals surface area contributed by atoms with Gasteiger partial charge in [-0.2, -0.15) is 0 Å². The Hall–Kier alpha value is -2.19. The number of ether oxygens (including phenoxy) is 2. The van der Waals surface area contributed by atoms with Crippen LogP contribution in [0.2, 0.25) is 0 Å². The molecule has 4 rings (SSSR count). The second-order valence-electron chi connectivity index (χ2n) is 9.97. The first-order valence-electron chi connectivity index (χ1n) is 11.9. The summed E-state index contributed by atoms with van der Waals surface area (Å²) in [4.78, 5) is 5.20. The van der Waals surface area contributed by atoms with E-state index < -0.39 is 0 Å². The van der Waals surface area contributed by atoms with Crippen LogP contribution in [-0.4, -0.2) is 76.4 Å². The lowest BCUT2D eigenvalue weighted by Gasteiger charge is -2.43.